The predicted octanol–water partition coefficient (Wildman–Crippen LogP) is 2.45. The summed E-state index contributed by atoms with van der Waals surface area (Å²) in [5.41, 5.74) is 3.36. The number of methoxy groups -OCH3 is 1. The van der Waals surface area contributed by atoms with Crippen LogP contribution in [-0.4, -0.2) is 12.0 Å². The van der Waals surface area contributed by atoms with Crippen molar-refractivity contribution in [2.45, 2.75) is 0 Å². The van der Waals surface area contributed by atoms with Gasteiger partial charge in [0.25, 0.3) is 0 Å². The van der Waals surface area contributed by atoms with Crippen LogP contribution in [0.3, 0.4) is 0 Å². The van der Waals surface area contributed by atoms with Gasteiger partial charge in [-0.25, -0.2) is 0 Å². The molecule has 0 aliphatic carbocycles. The third kappa shape index (κ3) is 5.14. The molecule has 0 spiro atoms. The monoisotopic (exact) mass is 454 g/mol. The summed E-state index contributed by atoms with van der Waals surface area (Å²) in [5.74, 6) is 0.668. The maximum atomic E-state index is 11.6. The van der Waals surface area contributed by atoms with E-state index in [2.05, 4.69) is 0 Å². The van der Waals surface area contributed by atoms with Gasteiger partial charge in [-0.05, 0) is 46.5 Å². The molecule has 0 bridgehead atoms. The Morgan fingerprint density at radius 2 is 1.26 bits per heavy atom. The van der Waals surface area contributed by atoms with Crippen molar-refractivity contribution >= 4 is 26.1 Å². The van der Waals surface area contributed by atoms with Crippen LogP contribution in [0.4, 0.5) is 0 Å². The number of hydrogen-bond donors (Lipinski definition) is 0. The van der Waals surface area contributed by atoms with Crippen molar-refractivity contribution in [2.75, 3.05) is 7.11 Å². The largest absolute Gasteiger partial charge is 0.497 e. The number of halogens is 1. The van der Waals surface area contributed by atoms with Gasteiger partial charge in [-0.3, -0.25) is 0 Å². The summed E-state index contributed by atoms with van der Waals surface area (Å²) in [4.78, 5) is 1.20. The van der Waals surface area contributed by atoms with Crippen LogP contribution in [0.2, 0.25) is 0 Å². The normalized spacial score (nSPS) is 16.5. The summed E-state index contributed by atoms with van der Waals surface area (Å²) in [6.45, 7) is 0. The fourth-order valence-electron chi connectivity index (χ4n) is 3.23. The molecule has 0 saturated heterocycles. The van der Waals surface area contributed by atoms with Crippen molar-refractivity contribution < 1.29 is 32.7 Å². The van der Waals surface area contributed by atoms with Gasteiger partial charge in [0.05, 0.1) is 27.1 Å². The van der Waals surface area contributed by atoms with E-state index >= 15 is 0 Å². The molecule has 0 fully saturated rings. The van der Waals surface area contributed by atoms with E-state index in [0.717, 1.165) is 22.3 Å². The van der Waals surface area contributed by atoms with E-state index in [-0.39, 0.29) is 0 Å². The molecule has 0 aromatic heterocycles. The molecular formula is C24H19ClO5S. The molecule has 0 amide bonds. The van der Waals surface area contributed by atoms with Crippen LogP contribution < -0.4 is 18.7 Å². The van der Waals surface area contributed by atoms with Crippen molar-refractivity contribution in [1.82, 2.24) is 0 Å². The summed E-state index contributed by atoms with van der Waals surface area (Å²) in [5, 5.41) is 0. The summed E-state index contributed by atoms with van der Waals surface area (Å²) >= 11 is 0. The lowest BCUT2D eigenvalue weighted by atomic mass is 10.0. The summed E-state index contributed by atoms with van der Waals surface area (Å²) in [6.07, 6.45) is 3.74. The molecular weight excluding hydrogens is 436 g/mol. The third-order valence-electron chi connectivity index (χ3n) is 4.65. The molecule has 0 radical (unpaired) electrons. The summed E-state index contributed by atoms with van der Waals surface area (Å²) in [6, 6.07) is 26.3. The van der Waals surface area contributed by atoms with Crippen LogP contribution in [-0.2, 0) is 3.74 Å². The molecule has 31 heavy (non-hydrogen) atoms. The van der Waals surface area contributed by atoms with E-state index in [0.29, 0.717) is 15.5 Å². The van der Waals surface area contributed by atoms with Crippen LogP contribution in [0.25, 0.3) is 10.5 Å². The molecule has 158 valence electrons. The number of hydrogen-bond acceptors (Lipinski definition) is 5. The highest BCUT2D eigenvalue weighted by Crippen LogP contribution is 2.45. The van der Waals surface area contributed by atoms with E-state index in [1.807, 2.05) is 84.9 Å². The minimum absolute atomic E-state index is 0.592. The van der Waals surface area contributed by atoms with Crippen LogP contribution in [0.1, 0.15) is 16.7 Å². The Labute approximate surface area is 185 Å². The number of benzene rings is 3. The first-order valence-corrected chi connectivity index (χ1v) is 11.7. The van der Waals surface area contributed by atoms with Gasteiger partial charge in [0.2, 0.25) is 0 Å². The molecule has 1 heterocycles. The fourth-order valence-corrected chi connectivity index (χ4v) is 5.80. The lowest BCUT2D eigenvalue weighted by molar-refractivity contribution is -1.91. The van der Waals surface area contributed by atoms with Gasteiger partial charge in [0, 0.05) is 0 Å². The first-order chi connectivity index (χ1) is 14.9. The summed E-state index contributed by atoms with van der Waals surface area (Å²) < 4.78 is 45.2. The summed E-state index contributed by atoms with van der Waals surface area (Å²) in [7, 11) is -4.52. The minimum Gasteiger partial charge on any atom is -0.497 e. The second kappa shape index (κ2) is 9.20. The standard InChI is InChI=1S/C24H19ClO5S/c1-29-22-14-12-20(13-15-22)24-17-21(18-8-4-2-5-9-18)16-23(19-10-6-3-7-11-19)31(24)30-25(26,27)28/h2-17H,1H3. The highest BCUT2D eigenvalue weighted by atomic mass is 35.7. The highest BCUT2D eigenvalue weighted by molar-refractivity contribution is 8.20. The highest BCUT2D eigenvalue weighted by Gasteiger charge is 2.31. The number of allylic oxidation sites excluding steroid dienone is 3. The molecule has 3 aromatic rings. The zero-order valence-corrected chi connectivity index (χ0v) is 18.1. The van der Waals surface area contributed by atoms with Crippen molar-refractivity contribution in [2.24, 2.45) is 0 Å². The first-order valence-electron chi connectivity index (χ1n) is 9.35. The third-order valence-corrected chi connectivity index (χ3v) is 7.28. The van der Waals surface area contributed by atoms with Gasteiger partial charge in [0.15, 0.2) is 0 Å². The average molecular weight is 455 g/mol. The Morgan fingerprint density at radius 3 is 1.81 bits per heavy atom. The molecule has 7 heteroatoms. The minimum atomic E-state index is -4.65. The molecule has 3 aromatic carbocycles. The zero-order chi connectivity index (χ0) is 21.8. The Balaban J connectivity index is 1.96. The predicted molar refractivity (Wildman–Crippen MR) is 115 cm³/mol. The number of ether oxygens (including phenoxy) is 1. The van der Waals surface area contributed by atoms with Gasteiger partial charge < -0.3 is 4.74 Å². The van der Waals surface area contributed by atoms with Crippen molar-refractivity contribution in [1.29, 1.82) is 0 Å². The van der Waals surface area contributed by atoms with Gasteiger partial charge in [-0.15, -0.1) is 0 Å². The molecule has 4 rings (SSSR count). The quantitative estimate of drug-likeness (QED) is 0.534. The topological polar surface area (TPSA) is 87.6 Å². The Bertz CT molecular complexity index is 1150. The molecule has 0 N–H and O–H groups in total. The Hall–Kier alpha value is -2.71. The SMILES string of the molecule is COc1ccc(C2=CC(c3ccccc3)=CC(c3ccccc3)=S2O[Cl+3]([O-])([O-])[O-])cc1. The molecule has 0 saturated carbocycles. The van der Waals surface area contributed by atoms with E-state index in [9.17, 15) is 14.0 Å². The van der Waals surface area contributed by atoms with Crippen LogP contribution >= 0.6 is 10.8 Å². The second-order valence-electron chi connectivity index (χ2n) is 6.64. The van der Waals surface area contributed by atoms with E-state index in [1.54, 1.807) is 19.2 Å². The maximum Gasteiger partial charge on any atom is 0.148 e. The molecule has 5 nitrogen and oxygen atoms in total. The lowest BCUT2D eigenvalue weighted by Crippen LogP contribution is -2.60. The van der Waals surface area contributed by atoms with Gasteiger partial charge in [-0.2, -0.15) is 14.0 Å². The van der Waals surface area contributed by atoms with Crippen molar-refractivity contribution in [3.8, 4) is 5.75 Å². The molecule has 1 unspecified atom stereocenters. The van der Waals surface area contributed by atoms with Gasteiger partial charge in [-0.1, -0.05) is 72.8 Å². The van der Waals surface area contributed by atoms with Crippen molar-refractivity contribution in [3.05, 3.63) is 114 Å². The average Bonchev–Trinajstić information content (AvgIpc) is 2.79. The van der Waals surface area contributed by atoms with Crippen LogP contribution in [0.15, 0.2) is 97.1 Å². The van der Waals surface area contributed by atoms with Crippen LogP contribution in [0, 0.1) is 10.2 Å². The number of rotatable bonds is 6. The Morgan fingerprint density at radius 1 is 0.677 bits per heavy atom. The van der Waals surface area contributed by atoms with Gasteiger partial charge >= 0.3 is 0 Å². The van der Waals surface area contributed by atoms with Crippen molar-refractivity contribution in [3.63, 3.8) is 0 Å². The van der Waals surface area contributed by atoms with Crippen LogP contribution in [0.5, 0.6) is 5.75 Å². The molecule has 1 atom stereocenters. The maximum absolute atomic E-state index is 11.6. The fraction of sp³-hybridized carbons (Fsp3) is 0.0417. The van der Waals surface area contributed by atoms with E-state index < -0.39 is 21.0 Å². The molecule has 1 aliphatic heterocycles. The molecule has 1 aliphatic rings. The van der Waals surface area contributed by atoms with E-state index in [1.165, 1.54) is 0 Å². The smallest absolute Gasteiger partial charge is 0.148 e. The lowest BCUT2D eigenvalue weighted by Gasteiger charge is -2.22. The first kappa shape index (κ1) is 21.5. The van der Waals surface area contributed by atoms with Gasteiger partial charge in [0.1, 0.15) is 20.3 Å². The zero-order valence-electron chi connectivity index (χ0n) is 16.6. The second-order valence-corrected chi connectivity index (χ2v) is 9.32. The van der Waals surface area contributed by atoms with E-state index in [4.69, 9.17) is 8.47 Å². The Kier molecular flexibility index (Phi) is 6.38.